The maximum atomic E-state index is 12.3. The smallest absolute Gasteiger partial charge is 0.306 e. The van der Waals surface area contributed by atoms with E-state index in [0.717, 1.165) is 23.1 Å². The fourth-order valence-electron chi connectivity index (χ4n) is 2.75. The summed E-state index contributed by atoms with van der Waals surface area (Å²) >= 11 is 1.51. The summed E-state index contributed by atoms with van der Waals surface area (Å²) in [6.07, 6.45) is 2.72. The third kappa shape index (κ3) is 3.05. The highest BCUT2D eigenvalue weighted by Crippen LogP contribution is 2.25. The summed E-state index contributed by atoms with van der Waals surface area (Å²) in [6.45, 7) is 0. The zero-order valence-corrected chi connectivity index (χ0v) is 12.2. The predicted molar refractivity (Wildman–Crippen MR) is 80.5 cm³/mol. The fourth-order valence-corrected chi connectivity index (χ4v) is 3.47. The number of carbonyl (C=O) groups excluding carboxylic acids is 1. The first-order valence-corrected chi connectivity index (χ1v) is 7.88. The molecule has 1 fully saturated rings. The SMILES string of the molecule is O=C(NC1CCC(C(=O)O)CC1)c1ccc2ncsc2c1. The van der Waals surface area contributed by atoms with Crippen LogP contribution < -0.4 is 5.32 Å². The van der Waals surface area contributed by atoms with Crippen LogP contribution in [0.25, 0.3) is 10.2 Å². The van der Waals surface area contributed by atoms with E-state index in [1.54, 1.807) is 11.6 Å². The molecule has 2 aromatic rings. The number of hydrogen-bond acceptors (Lipinski definition) is 4. The lowest BCUT2D eigenvalue weighted by molar-refractivity contribution is -0.142. The van der Waals surface area contributed by atoms with Gasteiger partial charge in [0.1, 0.15) is 0 Å². The quantitative estimate of drug-likeness (QED) is 0.913. The Morgan fingerprint density at radius 1 is 1.24 bits per heavy atom. The van der Waals surface area contributed by atoms with Crippen LogP contribution in [0.4, 0.5) is 0 Å². The Labute approximate surface area is 126 Å². The lowest BCUT2D eigenvalue weighted by Gasteiger charge is -2.26. The maximum Gasteiger partial charge on any atom is 0.306 e. The van der Waals surface area contributed by atoms with Crippen molar-refractivity contribution in [1.82, 2.24) is 10.3 Å². The van der Waals surface area contributed by atoms with Gasteiger partial charge < -0.3 is 10.4 Å². The molecule has 0 spiro atoms. The molecule has 6 heteroatoms. The first-order valence-electron chi connectivity index (χ1n) is 7.00. The summed E-state index contributed by atoms with van der Waals surface area (Å²) in [6, 6.07) is 5.55. The van der Waals surface area contributed by atoms with E-state index >= 15 is 0 Å². The number of nitrogens with one attached hydrogen (secondary N) is 1. The van der Waals surface area contributed by atoms with Crippen molar-refractivity contribution in [2.24, 2.45) is 5.92 Å². The van der Waals surface area contributed by atoms with Crippen molar-refractivity contribution in [3.05, 3.63) is 29.3 Å². The van der Waals surface area contributed by atoms with Crippen molar-refractivity contribution < 1.29 is 14.7 Å². The molecule has 0 saturated heterocycles. The summed E-state index contributed by atoms with van der Waals surface area (Å²) in [7, 11) is 0. The maximum absolute atomic E-state index is 12.3. The Hall–Kier alpha value is -1.95. The molecule has 110 valence electrons. The van der Waals surface area contributed by atoms with Crippen molar-refractivity contribution in [2.45, 2.75) is 31.7 Å². The molecule has 0 radical (unpaired) electrons. The van der Waals surface area contributed by atoms with E-state index in [0.29, 0.717) is 18.4 Å². The molecule has 0 atom stereocenters. The third-order valence-electron chi connectivity index (χ3n) is 4.01. The number of benzene rings is 1. The van der Waals surface area contributed by atoms with Gasteiger partial charge in [-0.05, 0) is 43.9 Å². The predicted octanol–water partition coefficient (Wildman–Crippen LogP) is 2.67. The van der Waals surface area contributed by atoms with Crippen LogP contribution in [0.3, 0.4) is 0 Å². The van der Waals surface area contributed by atoms with E-state index in [1.165, 1.54) is 11.3 Å². The van der Waals surface area contributed by atoms with Crippen LogP contribution in [0.1, 0.15) is 36.0 Å². The first-order chi connectivity index (χ1) is 10.1. The first kappa shape index (κ1) is 14.0. The highest BCUT2D eigenvalue weighted by Gasteiger charge is 2.26. The molecule has 0 aliphatic heterocycles. The van der Waals surface area contributed by atoms with E-state index < -0.39 is 5.97 Å². The summed E-state index contributed by atoms with van der Waals surface area (Å²) in [4.78, 5) is 27.4. The lowest BCUT2D eigenvalue weighted by Crippen LogP contribution is -2.38. The van der Waals surface area contributed by atoms with Gasteiger partial charge in [0.2, 0.25) is 0 Å². The number of aromatic nitrogens is 1. The monoisotopic (exact) mass is 304 g/mol. The summed E-state index contributed by atoms with van der Waals surface area (Å²) in [5, 5.41) is 12.0. The second-order valence-corrected chi connectivity index (χ2v) is 6.28. The van der Waals surface area contributed by atoms with E-state index in [2.05, 4.69) is 10.3 Å². The molecule has 1 aromatic heterocycles. The van der Waals surface area contributed by atoms with E-state index in [1.807, 2.05) is 12.1 Å². The van der Waals surface area contributed by atoms with Crippen molar-refractivity contribution in [2.75, 3.05) is 0 Å². The number of hydrogen-bond donors (Lipinski definition) is 2. The minimum Gasteiger partial charge on any atom is -0.481 e. The Morgan fingerprint density at radius 2 is 2.00 bits per heavy atom. The zero-order valence-electron chi connectivity index (χ0n) is 11.4. The standard InChI is InChI=1S/C15H16N2O3S/c18-14(10-3-6-12-13(7-10)21-8-16-12)17-11-4-1-9(2-5-11)15(19)20/h3,6-9,11H,1-2,4-5H2,(H,17,18)(H,19,20). The Morgan fingerprint density at radius 3 is 2.71 bits per heavy atom. The molecule has 0 bridgehead atoms. The molecule has 1 aromatic carbocycles. The third-order valence-corrected chi connectivity index (χ3v) is 4.80. The van der Waals surface area contributed by atoms with Gasteiger partial charge in [0.25, 0.3) is 5.91 Å². The molecule has 1 saturated carbocycles. The minimum absolute atomic E-state index is 0.0743. The number of carboxylic acids is 1. The zero-order chi connectivity index (χ0) is 14.8. The Balaban J connectivity index is 1.62. The largest absolute Gasteiger partial charge is 0.481 e. The van der Waals surface area contributed by atoms with E-state index in [4.69, 9.17) is 5.11 Å². The number of rotatable bonds is 3. The number of nitrogens with zero attached hydrogens (tertiary/aromatic N) is 1. The van der Waals surface area contributed by atoms with Gasteiger partial charge in [-0.1, -0.05) is 0 Å². The highest BCUT2D eigenvalue weighted by atomic mass is 32.1. The number of amides is 1. The minimum atomic E-state index is -0.726. The number of fused-ring (bicyclic) bond motifs is 1. The lowest BCUT2D eigenvalue weighted by atomic mass is 9.86. The topological polar surface area (TPSA) is 79.3 Å². The van der Waals surface area contributed by atoms with Gasteiger partial charge >= 0.3 is 5.97 Å². The van der Waals surface area contributed by atoms with Crippen LogP contribution in [0.15, 0.2) is 23.7 Å². The summed E-state index contributed by atoms with van der Waals surface area (Å²) < 4.78 is 0.997. The normalized spacial score (nSPS) is 22.1. The van der Waals surface area contributed by atoms with Gasteiger partial charge in [0.15, 0.2) is 0 Å². The average molecular weight is 304 g/mol. The number of carbonyl (C=O) groups is 2. The van der Waals surface area contributed by atoms with Gasteiger partial charge in [-0.2, -0.15) is 0 Å². The second-order valence-electron chi connectivity index (χ2n) is 5.40. The van der Waals surface area contributed by atoms with Crippen molar-refractivity contribution in [3.63, 3.8) is 0 Å². The van der Waals surface area contributed by atoms with Crippen LogP contribution in [0, 0.1) is 5.92 Å². The average Bonchev–Trinajstić information content (AvgIpc) is 2.95. The molecule has 1 aliphatic rings. The van der Waals surface area contributed by atoms with Crippen molar-refractivity contribution in [3.8, 4) is 0 Å². The van der Waals surface area contributed by atoms with E-state index in [-0.39, 0.29) is 17.9 Å². The molecule has 1 amide bonds. The second kappa shape index (κ2) is 5.81. The van der Waals surface area contributed by atoms with Gasteiger partial charge in [0, 0.05) is 11.6 Å². The molecular formula is C15H16N2O3S. The van der Waals surface area contributed by atoms with Crippen LogP contribution >= 0.6 is 11.3 Å². The molecule has 3 rings (SSSR count). The fraction of sp³-hybridized carbons (Fsp3) is 0.400. The number of thiazole rings is 1. The van der Waals surface area contributed by atoms with Crippen molar-refractivity contribution >= 4 is 33.4 Å². The molecule has 2 N–H and O–H groups in total. The molecule has 1 heterocycles. The Bertz CT molecular complexity index is 674. The molecule has 21 heavy (non-hydrogen) atoms. The van der Waals surface area contributed by atoms with Crippen molar-refractivity contribution in [1.29, 1.82) is 0 Å². The van der Waals surface area contributed by atoms with Gasteiger partial charge in [0.05, 0.1) is 21.6 Å². The van der Waals surface area contributed by atoms with Crippen LogP contribution in [0.5, 0.6) is 0 Å². The highest BCUT2D eigenvalue weighted by molar-refractivity contribution is 7.16. The number of aliphatic carboxylic acids is 1. The van der Waals surface area contributed by atoms with Gasteiger partial charge in [-0.25, -0.2) is 4.98 Å². The van der Waals surface area contributed by atoms with Crippen LogP contribution in [-0.4, -0.2) is 28.0 Å². The van der Waals surface area contributed by atoms with Crippen LogP contribution in [0.2, 0.25) is 0 Å². The molecule has 5 nitrogen and oxygen atoms in total. The Kier molecular flexibility index (Phi) is 3.88. The molecule has 0 unspecified atom stereocenters. The van der Waals surface area contributed by atoms with Gasteiger partial charge in [-0.3, -0.25) is 9.59 Å². The number of carboxylic acid groups (broad SMARTS) is 1. The van der Waals surface area contributed by atoms with Gasteiger partial charge in [-0.15, -0.1) is 11.3 Å². The molecular weight excluding hydrogens is 288 g/mol. The molecule has 1 aliphatic carbocycles. The van der Waals surface area contributed by atoms with E-state index in [9.17, 15) is 9.59 Å². The summed E-state index contributed by atoms with van der Waals surface area (Å²) in [5.74, 6) is -1.08. The summed E-state index contributed by atoms with van der Waals surface area (Å²) in [5.41, 5.74) is 3.30. The van der Waals surface area contributed by atoms with Crippen LogP contribution in [-0.2, 0) is 4.79 Å².